The van der Waals surface area contributed by atoms with Crippen molar-refractivity contribution < 1.29 is 9.72 Å². The highest BCUT2D eigenvalue weighted by molar-refractivity contribution is 6.35. The van der Waals surface area contributed by atoms with Crippen LogP contribution in [0.2, 0.25) is 5.02 Å². The minimum Gasteiger partial charge on any atom is -0.366 e. The number of hydrogen-bond donors (Lipinski definition) is 1. The number of hydrogen-bond acceptors (Lipinski definition) is 3. The van der Waals surface area contributed by atoms with Crippen LogP contribution in [0.25, 0.3) is 0 Å². The lowest BCUT2D eigenvalue weighted by molar-refractivity contribution is -0.384. The summed E-state index contributed by atoms with van der Waals surface area (Å²) in [5.41, 5.74) is 4.57. The lowest BCUT2D eigenvalue weighted by Crippen LogP contribution is -2.12. The summed E-state index contributed by atoms with van der Waals surface area (Å²) in [5, 5.41) is 10.1. The van der Waals surface area contributed by atoms with Gasteiger partial charge in [-0.3, -0.25) is 14.9 Å². The SMILES string of the molecule is NC(=O)c1cccc([N+](=O)[O-])c1Cl. The molecule has 0 saturated heterocycles. The lowest BCUT2D eigenvalue weighted by Gasteiger charge is -1.98. The van der Waals surface area contributed by atoms with Gasteiger partial charge in [-0.15, -0.1) is 0 Å². The van der Waals surface area contributed by atoms with Crippen molar-refractivity contribution >= 4 is 23.2 Å². The summed E-state index contributed by atoms with van der Waals surface area (Å²) >= 11 is 5.56. The Morgan fingerprint density at radius 1 is 1.54 bits per heavy atom. The molecule has 0 aromatic heterocycles. The maximum Gasteiger partial charge on any atom is 0.288 e. The summed E-state index contributed by atoms with van der Waals surface area (Å²) in [4.78, 5) is 20.4. The van der Waals surface area contributed by atoms with Gasteiger partial charge in [-0.1, -0.05) is 17.7 Å². The van der Waals surface area contributed by atoms with E-state index in [0.29, 0.717) is 0 Å². The zero-order valence-electron chi connectivity index (χ0n) is 6.36. The summed E-state index contributed by atoms with van der Waals surface area (Å²) in [6, 6.07) is 3.89. The number of benzene rings is 1. The van der Waals surface area contributed by atoms with E-state index in [9.17, 15) is 14.9 Å². The third kappa shape index (κ3) is 1.75. The number of nitrogens with two attached hydrogens (primary N) is 1. The first-order valence-electron chi connectivity index (χ1n) is 3.26. The van der Waals surface area contributed by atoms with E-state index in [1.165, 1.54) is 18.2 Å². The number of carbonyl (C=O) groups is 1. The van der Waals surface area contributed by atoms with Gasteiger partial charge in [0, 0.05) is 6.07 Å². The molecule has 0 bridgehead atoms. The molecule has 0 aliphatic rings. The molecule has 6 heteroatoms. The Kier molecular flexibility index (Phi) is 2.48. The van der Waals surface area contributed by atoms with Crippen LogP contribution in [0.4, 0.5) is 5.69 Å². The number of amides is 1. The molecule has 2 N–H and O–H groups in total. The van der Waals surface area contributed by atoms with Gasteiger partial charge in [-0.05, 0) is 6.07 Å². The predicted octanol–water partition coefficient (Wildman–Crippen LogP) is 1.35. The highest BCUT2D eigenvalue weighted by Crippen LogP contribution is 2.26. The normalized spacial score (nSPS) is 9.62. The van der Waals surface area contributed by atoms with Crippen molar-refractivity contribution in [3.8, 4) is 0 Å². The van der Waals surface area contributed by atoms with Crippen molar-refractivity contribution in [2.75, 3.05) is 0 Å². The summed E-state index contributed by atoms with van der Waals surface area (Å²) in [7, 11) is 0. The monoisotopic (exact) mass is 200 g/mol. The van der Waals surface area contributed by atoms with Crippen LogP contribution in [0.3, 0.4) is 0 Å². The Balaban J connectivity index is 3.35. The standard InChI is InChI=1S/C7H5ClN2O3/c8-6-4(7(9)11)2-1-3-5(6)10(12)13/h1-3H,(H2,9,11). The quantitative estimate of drug-likeness (QED) is 0.577. The average molecular weight is 201 g/mol. The van der Waals surface area contributed by atoms with Crippen LogP contribution < -0.4 is 5.73 Å². The molecule has 0 saturated carbocycles. The second-order valence-corrected chi connectivity index (χ2v) is 2.64. The van der Waals surface area contributed by atoms with Crippen LogP contribution in [0.15, 0.2) is 18.2 Å². The van der Waals surface area contributed by atoms with Gasteiger partial charge in [0.1, 0.15) is 5.02 Å². The van der Waals surface area contributed by atoms with Gasteiger partial charge in [0.25, 0.3) is 5.69 Å². The second-order valence-electron chi connectivity index (χ2n) is 2.26. The van der Waals surface area contributed by atoms with E-state index in [1.54, 1.807) is 0 Å². The number of primary amides is 1. The van der Waals surface area contributed by atoms with E-state index in [1.807, 2.05) is 0 Å². The van der Waals surface area contributed by atoms with Gasteiger partial charge in [-0.2, -0.15) is 0 Å². The maximum atomic E-state index is 10.7. The molecule has 0 spiro atoms. The van der Waals surface area contributed by atoms with E-state index in [2.05, 4.69) is 0 Å². The van der Waals surface area contributed by atoms with E-state index in [0.717, 1.165) is 0 Å². The van der Waals surface area contributed by atoms with E-state index < -0.39 is 10.8 Å². The first-order chi connectivity index (χ1) is 6.04. The molecule has 0 unspecified atom stereocenters. The van der Waals surface area contributed by atoms with Gasteiger partial charge in [0.2, 0.25) is 5.91 Å². The maximum absolute atomic E-state index is 10.7. The summed E-state index contributed by atoms with van der Waals surface area (Å²) in [6.07, 6.45) is 0. The molecule has 1 amide bonds. The minimum atomic E-state index is -0.784. The molecule has 5 nitrogen and oxygen atoms in total. The smallest absolute Gasteiger partial charge is 0.288 e. The Morgan fingerprint density at radius 3 is 2.62 bits per heavy atom. The third-order valence-corrected chi connectivity index (χ3v) is 1.84. The van der Waals surface area contributed by atoms with Crippen molar-refractivity contribution in [1.29, 1.82) is 0 Å². The fourth-order valence-corrected chi connectivity index (χ4v) is 1.14. The Labute approximate surface area is 78.3 Å². The highest BCUT2D eigenvalue weighted by atomic mass is 35.5. The molecule has 13 heavy (non-hydrogen) atoms. The second kappa shape index (κ2) is 3.40. The van der Waals surface area contributed by atoms with Crippen LogP contribution in [0, 0.1) is 10.1 Å². The van der Waals surface area contributed by atoms with E-state index >= 15 is 0 Å². The molecular formula is C7H5ClN2O3. The van der Waals surface area contributed by atoms with Gasteiger partial charge in [-0.25, -0.2) is 0 Å². The molecule has 1 rings (SSSR count). The fourth-order valence-electron chi connectivity index (χ4n) is 0.851. The summed E-state index contributed by atoms with van der Waals surface area (Å²) < 4.78 is 0. The Hall–Kier alpha value is -1.62. The number of nitro groups is 1. The fraction of sp³-hybridized carbons (Fsp3) is 0. The summed E-state index contributed by atoms with van der Waals surface area (Å²) in [5.74, 6) is -0.784. The average Bonchev–Trinajstić information content (AvgIpc) is 2.03. The van der Waals surface area contributed by atoms with Gasteiger partial charge in [0.15, 0.2) is 0 Å². The molecular weight excluding hydrogens is 196 g/mol. The van der Waals surface area contributed by atoms with Crippen LogP contribution in [-0.4, -0.2) is 10.8 Å². The van der Waals surface area contributed by atoms with Gasteiger partial charge < -0.3 is 5.73 Å². The molecule has 0 radical (unpaired) electrons. The molecule has 0 atom stereocenters. The summed E-state index contributed by atoms with van der Waals surface area (Å²) in [6.45, 7) is 0. The molecule has 1 aromatic rings. The lowest BCUT2D eigenvalue weighted by atomic mass is 10.2. The zero-order chi connectivity index (χ0) is 10.0. The molecule has 0 aliphatic carbocycles. The number of nitrogens with zero attached hydrogens (tertiary/aromatic N) is 1. The van der Waals surface area contributed by atoms with Gasteiger partial charge >= 0.3 is 0 Å². The number of rotatable bonds is 2. The zero-order valence-corrected chi connectivity index (χ0v) is 7.12. The minimum absolute atomic E-state index is 0.0455. The van der Waals surface area contributed by atoms with Gasteiger partial charge in [0.05, 0.1) is 10.5 Å². The highest BCUT2D eigenvalue weighted by Gasteiger charge is 2.17. The topological polar surface area (TPSA) is 86.2 Å². The number of carbonyl (C=O) groups excluding carboxylic acids is 1. The van der Waals surface area contributed by atoms with Crippen molar-refractivity contribution in [2.24, 2.45) is 5.73 Å². The van der Waals surface area contributed by atoms with E-state index in [-0.39, 0.29) is 16.3 Å². The Bertz CT molecular complexity index is 346. The number of nitro benzene ring substituents is 1. The molecule has 1 aromatic carbocycles. The Morgan fingerprint density at radius 2 is 2.15 bits per heavy atom. The van der Waals surface area contributed by atoms with Crippen molar-refractivity contribution in [1.82, 2.24) is 0 Å². The van der Waals surface area contributed by atoms with Crippen LogP contribution in [-0.2, 0) is 0 Å². The van der Waals surface area contributed by atoms with Crippen molar-refractivity contribution in [3.05, 3.63) is 38.9 Å². The van der Waals surface area contributed by atoms with Crippen LogP contribution in [0.5, 0.6) is 0 Å². The predicted molar refractivity (Wildman–Crippen MR) is 46.6 cm³/mol. The molecule has 0 aliphatic heterocycles. The van der Waals surface area contributed by atoms with Crippen molar-refractivity contribution in [3.63, 3.8) is 0 Å². The van der Waals surface area contributed by atoms with Crippen LogP contribution in [0.1, 0.15) is 10.4 Å². The van der Waals surface area contributed by atoms with Crippen molar-refractivity contribution in [2.45, 2.75) is 0 Å². The molecule has 68 valence electrons. The van der Waals surface area contributed by atoms with Crippen LogP contribution >= 0.6 is 11.6 Å². The molecule has 0 fully saturated rings. The molecule has 0 heterocycles. The largest absolute Gasteiger partial charge is 0.366 e. The van der Waals surface area contributed by atoms with E-state index in [4.69, 9.17) is 17.3 Å². The first-order valence-corrected chi connectivity index (χ1v) is 3.64. The third-order valence-electron chi connectivity index (χ3n) is 1.44. The number of halogens is 1. The first kappa shape index (κ1) is 9.47.